The molecule has 1 spiro atoms. The molecule has 0 radical (unpaired) electrons. The zero-order valence-corrected chi connectivity index (χ0v) is 20.5. The summed E-state index contributed by atoms with van der Waals surface area (Å²) in [4.78, 5) is 29.9. The van der Waals surface area contributed by atoms with Gasteiger partial charge in [-0.15, -0.1) is 0 Å². The molecule has 0 saturated heterocycles. The first-order valence-corrected chi connectivity index (χ1v) is 12.5. The number of rotatable bonds is 3. The Morgan fingerprint density at radius 1 is 1.03 bits per heavy atom. The van der Waals surface area contributed by atoms with Crippen molar-refractivity contribution in [2.75, 3.05) is 10.6 Å². The SMILES string of the molecule is Cc1ccc(CSc2n[n+]3c(c(=O)[nH]2)-c2ccccc2N[C@]32C(=O)Nc3ccc(Br)cc32)cc1. The van der Waals surface area contributed by atoms with Crippen LogP contribution in [0.4, 0.5) is 11.4 Å². The summed E-state index contributed by atoms with van der Waals surface area (Å²) in [6.45, 7) is 2.04. The number of hydrogen-bond donors (Lipinski definition) is 3. The second-order valence-electron chi connectivity index (χ2n) is 8.32. The maximum absolute atomic E-state index is 13.6. The number of H-pyrrole nitrogens is 1. The van der Waals surface area contributed by atoms with E-state index in [1.807, 2.05) is 49.4 Å². The smallest absolute Gasteiger partial charge is 0.317 e. The Bertz CT molecular complexity index is 1540. The number of hydrogen-bond acceptors (Lipinski definition) is 5. The van der Waals surface area contributed by atoms with E-state index in [2.05, 4.69) is 55.8 Å². The number of aromatic nitrogens is 3. The number of para-hydroxylation sites is 1. The van der Waals surface area contributed by atoms with Gasteiger partial charge in [-0.25, -0.2) is 0 Å². The summed E-state index contributed by atoms with van der Waals surface area (Å²) in [5.41, 5.74) is 3.69. The summed E-state index contributed by atoms with van der Waals surface area (Å²) in [5, 5.41) is 11.6. The molecule has 9 heteroatoms. The van der Waals surface area contributed by atoms with Gasteiger partial charge in [-0.05, 0) is 47.5 Å². The monoisotopic (exact) mass is 532 g/mol. The highest BCUT2D eigenvalue weighted by Gasteiger charge is 2.62. The molecular weight excluding hydrogens is 514 g/mol. The van der Waals surface area contributed by atoms with Gasteiger partial charge in [-0.3, -0.25) is 14.6 Å². The van der Waals surface area contributed by atoms with Crippen LogP contribution in [0.3, 0.4) is 0 Å². The van der Waals surface area contributed by atoms with Crippen molar-refractivity contribution >= 4 is 45.0 Å². The number of aryl methyl sites for hydroxylation is 1. The first-order chi connectivity index (χ1) is 16.5. The number of nitrogens with zero attached hydrogens (tertiary/aromatic N) is 2. The molecule has 0 fully saturated rings. The number of aromatic amines is 1. The number of carbonyl (C=O) groups is 1. The third-order valence-electron chi connectivity index (χ3n) is 6.10. The zero-order valence-electron chi connectivity index (χ0n) is 18.1. The molecule has 4 aromatic rings. The summed E-state index contributed by atoms with van der Waals surface area (Å²) < 4.78 is 2.36. The van der Waals surface area contributed by atoms with E-state index in [4.69, 9.17) is 5.10 Å². The van der Waals surface area contributed by atoms with Crippen LogP contribution in [0.2, 0.25) is 0 Å². The van der Waals surface area contributed by atoms with Gasteiger partial charge in [0.1, 0.15) is 0 Å². The van der Waals surface area contributed by atoms with Crippen molar-refractivity contribution in [1.29, 1.82) is 0 Å². The van der Waals surface area contributed by atoms with E-state index in [0.29, 0.717) is 39.1 Å². The lowest BCUT2D eigenvalue weighted by Crippen LogP contribution is -2.71. The van der Waals surface area contributed by atoms with E-state index >= 15 is 0 Å². The Balaban J connectivity index is 1.54. The molecule has 7 nitrogen and oxygen atoms in total. The van der Waals surface area contributed by atoms with Crippen molar-refractivity contribution in [3.8, 4) is 11.3 Å². The maximum atomic E-state index is 13.6. The average Bonchev–Trinajstić information content (AvgIpc) is 3.10. The van der Waals surface area contributed by atoms with E-state index in [9.17, 15) is 9.59 Å². The van der Waals surface area contributed by atoms with E-state index in [-0.39, 0.29) is 11.5 Å². The molecule has 0 bridgehead atoms. The molecule has 0 saturated carbocycles. The van der Waals surface area contributed by atoms with Crippen molar-refractivity contribution in [2.24, 2.45) is 0 Å². The minimum absolute atomic E-state index is 0.297. The fraction of sp³-hybridized carbons (Fsp3) is 0.120. The Morgan fingerprint density at radius 3 is 2.65 bits per heavy atom. The standard InChI is InChI=1S/C25H18BrN5O2S/c1-14-6-8-15(9-7-14)13-34-24-28-22(32)21-17-4-2-3-5-19(17)29-25(31(21)30-24)18-12-16(26)10-11-20(18)27-23(25)33/h2-12H,13H2,1H3,(H2,27,28,30,32,33)/p+1/t25-/m0/s1. The largest absolute Gasteiger partial charge is 0.374 e. The lowest BCUT2D eigenvalue weighted by Gasteiger charge is -2.28. The predicted molar refractivity (Wildman–Crippen MR) is 135 cm³/mol. The average molecular weight is 533 g/mol. The third-order valence-corrected chi connectivity index (χ3v) is 7.53. The van der Waals surface area contributed by atoms with Crippen LogP contribution in [0.5, 0.6) is 0 Å². The maximum Gasteiger partial charge on any atom is 0.374 e. The van der Waals surface area contributed by atoms with Gasteiger partial charge in [0.05, 0.1) is 22.5 Å². The molecule has 0 aliphatic carbocycles. The van der Waals surface area contributed by atoms with Gasteiger partial charge in [0.25, 0.3) is 0 Å². The van der Waals surface area contributed by atoms with Gasteiger partial charge in [-0.2, -0.15) is 0 Å². The lowest BCUT2D eigenvalue weighted by molar-refractivity contribution is -0.781. The fourth-order valence-electron chi connectivity index (χ4n) is 4.44. The Hall–Kier alpha value is -3.43. The molecule has 2 aliphatic heterocycles. The van der Waals surface area contributed by atoms with Crippen LogP contribution in [-0.4, -0.2) is 16.0 Å². The molecule has 1 amide bonds. The highest BCUT2D eigenvalue weighted by Crippen LogP contribution is 2.42. The Morgan fingerprint density at radius 2 is 1.82 bits per heavy atom. The normalized spacial score (nSPS) is 17.5. The van der Waals surface area contributed by atoms with Crippen LogP contribution in [0.1, 0.15) is 16.7 Å². The van der Waals surface area contributed by atoms with E-state index < -0.39 is 5.66 Å². The van der Waals surface area contributed by atoms with Crippen molar-refractivity contribution in [3.05, 3.63) is 98.2 Å². The third kappa shape index (κ3) is 3.19. The molecule has 2 aliphatic rings. The first kappa shape index (κ1) is 21.1. The van der Waals surface area contributed by atoms with Gasteiger partial charge < -0.3 is 10.6 Å². The van der Waals surface area contributed by atoms with Gasteiger partial charge >= 0.3 is 22.8 Å². The molecule has 3 aromatic carbocycles. The number of thioether (sulfide) groups is 1. The molecule has 3 heterocycles. The van der Waals surface area contributed by atoms with Crippen LogP contribution >= 0.6 is 27.7 Å². The van der Waals surface area contributed by atoms with Crippen molar-refractivity contribution in [2.45, 2.75) is 23.5 Å². The second-order valence-corrected chi connectivity index (χ2v) is 10.2. The quantitative estimate of drug-likeness (QED) is 0.272. The minimum atomic E-state index is -1.39. The Labute approximate surface area is 207 Å². The van der Waals surface area contributed by atoms with Gasteiger partial charge in [0.2, 0.25) is 5.16 Å². The molecule has 34 heavy (non-hydrogen) atoms. The van der Waals surface area contributed by atoms with Crippen molar-refractivity contribution in [1.82, 2.24) is 10.1 Å². The second kappa shape index (κ2) is 7.82. The van der Waals surface area contributed by atoms with Gasteiger partial charge in [0, 0.05) is 15.3 Å². The van der Waals surface area contributed by atoms with Crippen LogP contribution in [0.25, 0.3) is 11.3 Å². The molecule has 168 valence electrons. The molecule has 6 rings (SSSR count). The van der Waals surface area contributed by atoms with Crippen LogP contribution in [0, 0.1) is 6.92 Å². The highest BCUT2D eigenvalue weighted by molar-refractivity contribution is 9.10. The summed E-state index contributed by atoms with van der Waals surface area (Å²) in [7, 11) is 0. The summed E-state index contributed by atoms with van der Waals surface area (Å²) in [6, 6.07) is 21.3. The minimum Gasteiger partial charge on any atom is -0.317 e. The molecule has 3 N–H and O–H groups in total. The number of halogens is 1. The van der Waals surface area contributed by atoms with Crippen molar-refractivity contribution < 1.29 is 9.48 Å². The first-order valence-electron chi connectivity index (χ1n) is 10.7. The van der Waals surface area contributed by atoms with E-state index in [1.165, 1.54) is 17.3 Å². The highest BCUT2D eigenvalue weighted by atomic mass is 79.9. The number of carbonyl (C=O) groups excluding carboxylic acids is 1. The summed E-state index contributed by atoms with van der Waals surface area (Å²) in [6.07, 6.45) is 0. The van der Waals surface area contributed by atoms with Crippen LogP contribution < -0.4 is 20.9 Å². The van der Waals surface area contributed by atoms with Crippen molar-refractivity contribution in [3.63, 3.8) is 0 Å². The van der Waals surface area contributed by atoms with Crippen LogP contribution in [-0.2, 0) is 16.2 Å². The summed E-state index contributed by atoms with van der Waals surface area (Å²) >= 11 is 4.94. The zero-order chi connectivity index (χ0) is 23.4. The topological polar surface area (TPSA) is 90.8 Å². The number of nitrogens with one attached hydrogen (secondary N) is 3. The molecule has 0 unspecified atom stereocenters. The lowest BCUT2D eigenvalue weighted by atomic mass is 9.95. The Kier molecular flexibility index (Phi) is 4.86. The van der Waals surface area contributed by atoms with E-state index in [0.717, 1.165) is 10.0 Å². The molecular formula is C25H19BrN5O2S+. The molecule has 1 atom stereocenters. The number of fused-ring (bicyclic) bond motifs is 6. The van der Waals surface area contributed by atoms with E-state index in [1.54, 1.807) is 4.68 Å². The van der Waals surface area contributed by atoms with Crippen LogP contribution in [0.15, 0.2) is 81.2 Å². The van der Waals surface area contributed by atoms with Gasteiger partial charge in [0.15, 0.2) is 0 Å². The summed E-state index contributed by atoms with van der Waals surface area (Å²) in [5.74, 6) is 0.336. The fourth-order valence-corrected chi connectivity index (χ4v) is 5.60. The number of amides is 1. The number of anilines is 2. The number of benzene rings is 3. The predicted octanol–water partition coefficient (Wildman–Crippen LogP) is 4.17. The van der Waals surface area contributed by atoms with Gasteiger partial charge in [-0.1, -0.05) is 69.7 Å². The molecule has 1 aromatic heterocycles.